The van der Waals surface area contributed by atoms with Crippen LogP contribution in [0.1, 0.15) is 33.3 Å². The molecule has 0 aromatic heterocycles. The molecule has 1 amide bonds. The molecule has 0 saturated carbocycles. The molecule has 1 aromatic carbocycles. The molecule has 1 saturated heterocycles. The topological polar surface area (TPSA) is 69.6 Å². The summed E-state index contributed by atoms with van der Waals surface area (Å²) in [5, 5.41) is 3.37. The van der Waals surface area contributed by atoms with E-state index in [2.05, 4.69) is 35.9 Å². The summed E-state index contributed by atoms with van der Waals surface area (Å²) in [5.41, 5.74) is 1.06. The molecular weight excluding hydrogens is 394 g/mol. The normalized spacial score (nSPS) is 14.7. The zero-order valence-electron chi connectivity index (χ0n) is 19.8. The summed E-state index contributed by atoms with van der Waals surface area (Å²) in [7, 11) is 1.66. The van der Waals surface area contributed by atoms with Gasteiger partial charge in [0.15, 0.2) is 17.5 Å². The van der Waals surface area contributed by atoms with Crippen molar-refractivity contribution in [2.24, 2.45) is 4.99 Å². The first kappa shape index (κ1) is 24.8. The molecule has 1 N–H and O–H groups in total. The second-order valence-corrected chi connectivity index (χ2v) is 7.52. The minimum Gasteiger partial charge on any atom is -0.493 e. The summed E-state index contributed by atoms with van der Waals surface area (Å²) < 4.78 is 11.5. The standard InChI is InChI=1S/C23H39N5O3/c1-6-24-23(28-13-11-27(12-14-28)19(4)29)25-18-20-9-10-21(22(17-20)30-5)31-16-15-26(7-2)8-3/h9-10,17H,6-8,11-16,18H2,1-5H3,(H,24,25). The Balaban J connectivity index is 1.99. The smallest absolute Gasteiger partial charge is 0.219 e. The molecule has 2 rings (SSSR count). The second-order valence-electron chi connectivity index (χ2n) is 7.52. The minimum atomic E-state index is 0.132. The van der Waals surface area contributed by atoms with Gasteiger partial charge in [-0.25, -0.2) is 4.99 Å². The Bertz CT molecular complexity index is 713. The van der Waals surface area contributed by atoms with Gasteiger partial charge in [0.2, 0.25) is 5.91 Å². The Labute approximate surface area is 187 Å². The first-order valence-electron chi connectivity index (χ1n) is 11.3. The van der Waals surface area contributed by atoms with E-state index in [4.69, 9.17) is 14.5 Å². The van der Waals surface area contributed by atoms with Gasteiger partial charge in [0.1, 0.15) is 6.61 Å². The number of hydrogen-bond donors (Lipinski definition) is 1. The van der Waals surface area contributed by atoms with Crippen LogP contribution in [-0.4, -0.2) is 92.6 Å². The predicted molar refractivity (Wildman–Crippen MR) is 125 cm³/mol. The van der Waals surface area contributed by atoms with Crippen LogP contribution in [0.15, 0.2) is 23.2 Å². The number of rotatable bonds is 10. The van der Waals surface area contributed by atoms with E-state index < -0.39 is 0 Å². The highest BCUT2D eigenvalue weighted by Crippen LogP contribution is 2.28. The number of aliphatic imine (C=N–C) groups is 1. The highest BCUT2D eigenvalue weighted by molar-refractivity contribution is 5.80. The molecule has 1 aromatic rings. The van der Waals surface area contributed by atoms with Crippen molar-refractivity contribution in [2.45, 2.75) is 34.2 Å². The van der Waals surface area contributed by atoms with Gasteiger partial charge in [-0.2, -0.15) is 0 Å². The number of methoxy groups -OCH3 is 1. The first-order valence-corrected chi connectivity index (χ1v) is 11.3. The summed E-state index contributed by atoms with van der Waals surface area (Å²) in [6.07, 6.45) is 0. The highest BCUT2D eigenvalue weighted by Gasteiger charge is 2.20. The van der Waals surface area contributed by atoms with E-state index in [-0.39, 0.29) is 5.91 Å². The lowest BCUT2D eigenvalue weighted by Crippen LogP contribution is -2.53. The van der Waals surface area contributed by atoms with Crippen LogP contribution in [0.4, 0.5) is 0 Å². The van der Waals surface area contributed by atoms with Crippen LogP contribution in [0.3, 0.4) is 0 Å². The van der Waals surface area contributed by atoms with Crippen molar-refractivity contribution in [3.63, 3.8) is 0 Å². The van der Waals surface area contributed by atoms with E-state index in [9.17, 15) is 4.79 Å². The molecule has 0 unspecified atom stereocenters. The molecule has 0 atom stereocenters. The third-order valence-electron chi connectivity index (χ3n) is 5.56. The molecule has 0 bridgehead atoms. The number of nitrogens with zero attached hydrogens (tertiary/aromatic N) is 4. The summed E-state index contributed by atoms with van der Waals surface area (Å²) in [6, 6.07) is 5.99. The van der Waals surface area contributed by atoms with Crippen LogP contribution in [0.5, 0.6) is 11.5 Å². The molecule has 174 valence electrons. The van der Waals surface area contributed by atoms with Gasteiger partial charge in [-0.1, -0.05) is 19.9 Å². The van der Waals surface area contributed by atoms with Crippen LogP contribution in [-0.2, 0) is 11.3 Å². The van der Waals surface area contributed by atoms with Crippen LogP contribution < -0.4 is 14.8 Å². The number of amides is 1. The number of guanidine groups is 1. The van der Waals surface area contributed by atoms with Gasteiger partial charge in [0, 0.05) is 46.2 Å². The first-order chi connectivity index (χ1) is 15.0. The van der Waals surface area contributed by atoms with Crippen molar-refractivity contribution >= 4 is 11.9 Å². The van der Waals surface area contributed by atoms with Gasteiger partial charge in [0.25, 0.3) is 0 Å². The Hall–Kier alpha value is -2.48. The maximum Gasteiger partial charge on any atom is 0.219 e. The van der Waals surface area contributed by atoms with Crippen molar-refractivity contribution in [3.8, 4) is 11.5 Å². The zero-order valence-corrected chi connectivity index (χ0v) is 19.8. The number of ether oxygens (including phenoxy) is 2. The molecule has 1 heterocycles. The number of hydrogen-bond acceptors (Lipinski definition) is 5. The number of nitrogens with one attached hydrogen (secondary N) is 1. The van der Waals surface area contributed by atoms with Crippen LogP contribution in [0, 0.1) is 0 Å². The minimum absolute atomic E-state index is 0.132. The fraction of sp³-hybridized carbons (Fsp3) is 0.652. The van der Waals surface area contributed by atoms with Crippen LogP contribution >= 0.6 is 0 Å². The Morgan fingerprint density at radius 3 is 2.35 bits per heavy atom. The molecule has 1 aliphatic heterocycles. The summed E-state index contributed by atoms with van der Waals surface area (Å²) in [4.78, 5) is 22.8. The van der Waals surface area contributed by atoms with Gasteiger partial charge >= 0.3 is 0 Å². The maximum absolute atomic E-state index is 11.6. The lowest BCUT2D eigenvalue weighted by molar-refractivity contribution is -0.130. The molecule has 0 aliphatic carbocycles. The summed E-state index contributed by atoms with van der Waals surface area (Å²) in [6.45, 7) is 15.9. The molecule has 0 radical (unpaired) electrons. The van der Waals surface area contributed by atoms with Crippen molar-refractivity contribution in [2.75, 3.05) is 66.1 Å². The van der Waals surface area contributed by atoms with E-state index in [1.165, 1.54) is 0 Å². The Kier molecular flexibility index (Phi) is 10.4. The van der Waals surface area contributed by atoms with Crippen LogP contribution in [0.25, 0.3) is 0 Å². The average Bonchev–Trinajstić information content (AvgIpc) is 2.80. The number of likely N-dealkylation sites (N-methyl/N-ethyl adjacent to an activating group) is 1. The van der Waals surface area contributed by atoms with Crippen molar-refractivity contribution in [1.29, 1.82) is 0 Å². The molecule has 31 heavy (non-hydrogen) atoms. The second kappa shape index (κ2) is 13.0. The van der Waals surface area contributed by atoms with E-state index in [1.54, 1.807) is 14.0 Å². The van der Waals surface area contributed by atoms with Gasteiger partial charge in [-0.3, -0.25) is 4.79 Å². The van der Waals surface area contributed by atoms with Crippen LogP contribution in [0.2, 0.25) is 0 Å². The zero-order chi connectivity index (χ0) is 22.6. The molecule has 0 spiro atoms. The largest absolute Gasteiger partial charge is 0.493 e. The summed E-state index contributed by atoms with van der Waals surface area (Å²) in [5.74, 6) is 2.50. The van der Waals surface area contributed by atoms with Gasteiger partial charge < -0.3 is 29.5 Å². The van der Waals surface area contributed by atoms with Gasteiger partial charge in [0.05, 0.1) is 13.7 Å². The highest BCUT2D eigenvalue weighted by atomic mass is 16.5. The van der Waals surface area contributed by atoms with E-state index in [0.717, 1.165) is 75.4 Å². The third-order valence-corrected chi connectivity index (χ3v) is 5.56. The molecule has 1 fully saturated rings. The fourth-order valence-corrected chi connectivity index (χ4v) is 3.58. The fourth-order valence-electron chi connectivity index (χ4n) is 3.58. The van der Waals surface area contributed by atoms with Gasteiger partial charge in [-0.15, -0.1) is 0 Å². The summed E-state index contributed by atoms with van der Waals surface area (Å²) >= 11 is 0. The molecule has 8 heteroatoms. The van der Waals surface area contributed by atoms with Crippen molar-refractivity contribution in [1.82, 2.24) is 20.0 Å². The van der Waals surface area contributed by atoms with E-state index in [1.807, 2.05) is 23.1 Å². The Morgan fingerprint density at radius 2 is 1.77 bits per heavy atom. The SMILES string of the molecule is CCNC(=NCc1ccc(OCCN(CC)CC)c(OC)c1)N1CCN(C(C)=O)CC1. The number of carbonyl (C=O) groups is 1. The predicted octanol–water partition coefficient (Wildman–Crippen LogP) is 2.05. The average molecular weight is 434 g/mol. The Morgan fingerprint density at radius 1 is 1.10 bits per heavy atom. The molecule has 1 aliphatic rings. The quantitative estimate of drug-likeness (QED) is 0.450. The monoisotopic (exact) mass is 433 g/mol. The number of carbonyl (C=O) groups excluding carboxylic acids is 1. The van der Waals surface area contributed by atoms with E-state index in [0.29, 0.717) is 13.2 Å². The third kappa shape index (κ3) is 7.61. The number of piperazine rings is 1. The molecular formula is C23H39N5O3. The maximum atomic E-state index is 11.6. The van der Waals surface area contributed by atoms with Crippen molar-refractivity contribution < 1.29 is 14.3 Å². The lowest BCUT2D eigenvalue weighted by atomic mass is 10.2. The molecule has 8 nitrogen and oxygen atoms in total. The number of benzene rings is 1. The van der Waals surface area contributed by atoms with Gasteiger partial charge in [-0.05, 0) is 37.7 Å². The lowest BCUT2D eigenvalue weighted by Gasteiger charge is -2.36. The van der Waals surface area contributed by atoms with E-state index >= 15 is 0 Å². The van der Waals surface area contributed by atoms with Crippen molar-refractivity contribution in [3.05, 3.63) is 23.8 Å².